The van der Waals surface area contributed by atoms with Crippen molar-refractivity contribution >= 4 is 55.7 Å². The molecule has 0 atom stereocenters. The maximum Gasteiger partial charge on any atom is 0.173 e. The summed E-state index contributed by atoms with van der Waals surface area (Å²) in [4.78, 5) is 10.6. The molecule has 21 heavy (non-hydrogen) atoms. The number of hydrogen-bond donors (Lipinski definition) is 1. The van der Waals surface area contributed by atoms with Gasteiger partial charge in [0.25, 0.3) is 0 Å². The van der Waals surface area contributed by atoms with E-state index in [1.807, 2.05) is 6.07 Å². The first-order valence-electron chi connectivity index (χ1n) is 7.06. The highest BCUT2D eigenvalue weighted by atomic mass is 127. The van der Waals surface area contributed by atoms with Crippen molar-refractivity contribution in [2.75, 3.05) is 11.9 Å². The predicted octanol–water partition coefficient (Wildman–Crippen LogP) is 5.59. The van der Waals surface area contributed by atoms with Gasteiger partial charge in [-0.2, -0.15) is 0 Å². The summed E-state index contributed by atoms with van der Waals surface area (Å²) in [7, 11) is 0. The van der Waals surface area contributed by atoms with Gasteiger partial charge in [-0.15, -0.1) is 11.3 Å². The second-order valence-electron chi connectivity index (χ2n) is 5.28. The van der Waals surface area contributed by atoms with E-state index in [0.717, 1.165) is 49.6 Å². The monoisotopic (exact) mass is 479 g/mol. The molecule has 0 unspecified atom stereocenters. The predicted molar refractivity (Wildman–Crippen MR) is 103 cm³/mol. The van der Waals surface area contributed by atoms with Crippen molar-refractivity contribution in [2.45, 2.75) is 33.6 Å². The van der Waals surface area contributed by atoms with Crippen LogP contribution in [-0.4, -0.2) is 16.5 Å². The van der Waals surface area contributed by atoms with Gasteiger partial charge in [0.15, 0.2) is 5.82 Å². The summed E-state index contributed by atoms with van der Waals surface area (Å²) in [5, 5.41) is 5.49. The van der Waals surface area contributed by atoms with Crippen molar-refractivity contribution in [3.63, 3.8) is 0 Å². The van der Waals surface area contributed by atoms with Gasteiger partial charge in [0.1, 0.15) is 5.82 Å². The van der Waals surface area contributed by atoms with Gasteiger partial charge in [-0.3, -0.25) is 0 Å². The van der Waals surface area contributed by atoms with Gasteiger partial charge in [-0.05, 0) is 68.7 Å². The Morgan fingerprint density at radius 2 is 2.14 bits per heavy atom. The molecule has 3 nitrogen and oxygen atoms in total. The van der Waals surface area contributed by atoms with Crippen LogP contribution in [0.5, 0.6) is 0 Å². The molecule has 0 spiro atoms. The van der Waals surface area contributed by atoms with Crippen molar-refractivity contribution in [1.29, 1.82) is 0 Å². The molecule has 2 aromatic rings. The van der Waals surface area contributed by atoms with Crippen molar-refractivity contribution in [1.82, 2.24) is 9.97 Å². The van der Waals surface area contributed by atoms with E-state index < -0.39 is 0 Å². The summed E-state index contributed by atoms with van der Waals surface area (Å²) in [6.45, 7) is 7.53. The minimum Gasteiger partial charge on any atom is -0.369 e. The summed E-state index contributed by atoms with van der Waals surface area (Å²) in [6.07, 6.45) is 2.05. The van der Waals surface area contributed by atoms with Crippen LogP contribution >= 0.6 is 49.9 Å². The molecule has 0 fully saturated rings. The second kappa shape index (κ2) is 7.87. The van der Waals surface area contributed by atoms with Gasteiger partial charge in [0.2, 0.25) is 0 Å². The molecule has 0 aliphatic heterocycles. The van der Waals surface area contributed by atoms with Gasteiger partial charge in [0, 0.05) is 11.0 Å². The average molecular weight is 480 g/mol. The zero-order chi connectivity index (χ0) is 15.4. The molecule has 0 saturated carbocycles. The minimum atomic E-state index is 0.576. The van der Waals surface area contributed by atoms with Crippen LogP contribution in [0.25, 0.3) is 10.7 Å². The van der Waals surface area contributed by atoms with Crippen LogP contribution in [0, 0.1) is 9.49 Å². The first-order chi connectivity index (χ1) is 10.0. The largest absolute Gasteiger partial charge is 0.369 e. The fourth-order valence-corrected chi connectivity index (χ4v) is 4.07. The number of anilines is 1. The third-order valence-electron chi connectivity index (χ3n) is 2.88. The minimum absolute atomic E-state index is 0.576. The van der Waals surface area contributed by atoms with E-state index in [1.165, 1.54) is 0 Å². The van der Waals surface area contributed by atoms with Gasteiger partial charge in [0.05, 0.1) is 14.1 Å². The Kier molecular flexibility index (Phi) is 6.43. The standard InChI is InChI=1S/C15H19BrIN3S/c1-4-6-18-14-12(17)11(8-9(2)3)19-15(20-14)13-10(16)5-7-21-13/h5,7,9H,4,6,8H2,1-3H3,(H,18,19,20). The molecule has 0 aliphatic rings. The van der Waals surface area contributed by atoms with Crippen molar-refractivity contribution in [3.05, 3.63) is 25.2 Å². The molecule has 114 valence electrons. The van der Waals surface area contributed by atoms with E-state index in [4.69, 9.17) is 9.97 Å². The van der Waals surface area contributed by atoms with Crippen LogP contribution in [0.4, 0.5) is 5.82 Å². The Morgan fingerprint density at radius 3 is 2.71 bits per heavy atom. The van der Waals surface area contributed by atoms with Crippen LogP contribution < -0.4 is 5.32 Å². The van der Waals surface area contributed by atoms with Crippen LogP contribution in [0.15, 0.2) is 15.9 Å². The molecule has 0 radical (unpaired) electrons. The first-order valence-corrected chi connectivity index (χ1v) is 9.81. The van der Waals surface area contributed by atoms with E-state index in [9.17, 15) is 0 Å². The van der Waals surface area contributed by atoms with Gasteiger partial charge in [-0.1, -0.05) is 20.8 Å². The van der Waals surface area contributed by atoms with Crippen molar-refractivity contribution in [2.24, 2.45) is 5.92 Å². The molecule has 0 aliphatic carbocycles. The van der Waals surface area contributed by atoms with Crippen LogP contribution in [0.3, 0.4) is 0 Å². The van der Waals surface area contributed by atoms with Crippen LogP contribution in [0.2, 0.25) is 0 Å². The lowest BCUT2D eigenvalue weighted by Gasteiger charge is -2.13. The van der Waals surface area contributed by atoms with Crippen molar-refractivity contribution < 1.29 is 0 Å². The van der Waals surface area contributed by atoms with Gasteiger partial charge >= 0.3 is 0 Å². The van der Waals surface area contributed by atoms with Gasteiger partial charge < -0.3 is 5.32 Å². The van der Waals surface area contributed by atoms with Crippen LogP contribution in [-0.2, 0) is 6.42 Å². The number of thiophene rings is 1. The molecule has 2 rings (SSSR count). The highest BCUT2D eigenvalue weighted by Crippen LogP contribution is 2.33. The summed E-state index contributed by atoms with van der Waals surface area (Å²) >= 11 is 7.61. The summed E-state index contributed by atoms with van der Waals surface area (Å²) in [5.41, 5.74) is 1.13. The third kappa shape index (κ3) is 4.39. The lowest BCUT2D eigenvalue weighted by molar-refractivity contribution is 0.632. The molecule has 2 aromatic heterocycles. The zero-order valence-electron chi connectivity index (χ0n) is 12.4. The maximum absolute atomic E-state index is 4.81. The molecule has 0 bridgehead atoms. The summed E-state index contributed by atoms with van der Waals surface area (Å²) in [6, 6.07) is 2.04. The fourth-order valence-electron chi connectivity index (χ4n) is 1.93. The molecule has 0 amide bonds. The third-order valence-corrected chi connectivity index (χ3v) is 5.85. The lowest BCUT2D eigenvalue weighted by atomic mass is 10.1. The zero-order valence-corrected chi connectivity index (χ0v) is 17.0. The number of nitrogens with one attached hydrogen (secondary N) is 1. The van der Waals surface area contributed by atoms with Gasteiger partial charge in [-0.25, -0.2) is 9.97 Å². The Morgan fingerprint density at radius 1 is 1.38 bits per heavy atom. The number of aromatic nitrogens is 2. The molecular weight excluding hydrogens is 461 g/mol. The van der Waals surface area contributed by atoms with E-state index >= 15 is 0 Å². The Labute approximate surface area is 152 Å². The topological polar surface area (TPSA) is 37.8 Å². The highest BCUT2D eigenvalue weighted by Gasteiger charge is 2.16. The second-order valence-corrected chi connectivity index (χ2v) is 8.13. The molecule has 6 heteroatoms. The summed E-state index contributed by atoms with van der Waals surface area (Å²) < 4.78 is 2.21. The maximum atomic E-state index is 4.81. The molecule has 0 saturated heterocycles. The summed E-state index contributed by atoms with van der Waals surface area (Å²) in [5.74, 6) is 2.34. The highest BCUT2D eigenvalue weighted by molar-refractivity contribution is 14.1. The van der Waals surface area contributed by atoms with E-state index in [1.54, 1.807) is 11.3 Å². The Balaban J connectivity index is 2.47. The Bertz CT molecular complexity index is 613. The molecular formula is C15H19BrIN3S. The van der Waals surface area contributed by atoms with E-state index in [2.05, 4.69) is 70.0 Å². The normalized spacial score (nSPS) is 11.1. The molecule has 2 heterocycles. The average Bonchev–Trinajstić information content (AvgIpc) is 2.85. The smallest absolute Gasteiger partial charge is 0.173 e. The number of nitrogens with zero attached hydrogens (tertiary/aromatic N) is 2. The molecule has 0 aromatic carbocycles. The quantitative estimate of drug-likeness (QED) is 0.548. The first kappa shape index (κ1) is 17.1. The van der Waals surface area contributed by atoms with Crippen LogP contribution in [0.1, 0.15) is 32.9 Å². The fraction of sp³-hybridized carbons (Fsp3) is 0.467. The number of rotatable bonds is 6. The van der Waals surface area contributed by atoms with E-state index in [0.29, 0.717) is 5.92 Å². The van der Waals surface area contributed by atoms with Crippen molar-refractivity contribution in [3.8, 4) is 10.7 Å². The lowest BCUT2D eigenvalue weighted by Crippen LogP contribution is -2.10. The van der Waals surface area contributed by atoms with E-state index in [-0.39, 0.29) is 0 Å². The molecule has 1 N–H and O–H groups in total. The number of hydrogen-bond acceptors (Lipinski definition) is 4. The SMILES string of the molecule is CCCNc1nc(-c2sccc2Br)nc(CC(C)C)c1I. The number of halogens is 2. The Hall–Kier alpha value is -0.210.